The summed E-state index contributed by atoms with van der Waals surface area (Å²) in [4.78, 5) is 2.56. The van der Waals surface area contributed by atoms with Crippen molar-refractivity contribution in [2.75, 3.05) is 19.6 Å². The van der Waals surface area contributed by atoms with Crippen molar-refractivity contribution in [3.05, 3.63) is 29.3 Å². The first-order valence-electron chi connectivity index (χ1n) is 7.52. The number of phenols is 1. The van der Waals surface area contributed by atoms with Gasteiger partial charge in [-0.1, -0.05) is 6.07 Å². The molecule has 1 aromatic rings. The Morgan fingerprint density at radius 3 is 2.95 bits per heavy atom. The Bertz CT molecular complexity index is 440. The van der Waals surface area contributed by atoms with E-state index in [4.69, 9.17) is 0 Å². The molecule has 3 rings (SSSR count). The van der Waals surface area contributed by atoms with Gasteiger partial charge in [-0.15, -0.1) is 0 Å². The molecule has 2 unspecified atom stereocenters. The van der Waals surface area contributed by atoms with E-state index in [1.54, 1.807) is 0 Å². The van der Waals surface area contributed by atoms with Crippen LogP contribution in [0, 0.1) is 0 Å². The molecule has 2 aliphatic rings. The highest BCUT2D eigenvalue weighted by Crippen LogP contribution is 2.33. The maximum atomic E-state index is 9.53. The first-order chi connectivity index (χ1) is 9.22. The SMILES string of the molecule is CC(CN1CCCC1)NC1CCc2cc(O)ccc21. The van der Waals surface area contributed by atoms with Crippen LogP contribution < -0.4 is 5.32 Å². The lowest BCUT2D eigenvalue weighted by atomic mass is 10.1. The van der Waals surface area contributed by atoms with Gasteiger partial charge in [-0.3, -0.25) is 0 Å². The lowest BCUT2D eigenvalue weighted by Crippen LogP contribution is -2.39. The van der Waals surface area contributed by atoms with Crippen molar-refractivity contribution in [3.63, 3.8) is 0 Å². The summed E-state index contributed by atoms with van der Waals surface area (Å²) in [5.41, 5.74) is 2.69. The number of likely N-dealkylation sites (tertiary alicyclic amines) is 1. The molecule has 0 amide bonds. The number of phenolic OH excluding ortho intramolecular Hbond substituents is 1. The van der Waals surface area contributed by atoms with Crippen LogP contribution in [0.15, 0.2) is 18.2 Å². The molecule has 1 aliphatic carbocycles. The first-order valence-corrected chi connectivity index (χ1v) is 7.52. The van der Waals surface area contributed by atoms with E-state index in [2.05, 4.69) is 23.2 Å². The van der Waals surface area contributed by atoms with E-state index in [1.807, 2.05) is 12.1 Å². The number of rotatable bonds is 4. The van der Waals surface area contributed by atoms with Gasteiger partial charge in [0.05, 0.1) is 0 Å². The zero-order chi connectivity index (χ0) is 13.2. The van der Waals surface area contributed by atoms with Gasteiger partial charge in [0, 0.05) is 18.6 Å². The third-order valence-electron chi connectivity index (χ3n) is 4.42. The number of aromatic hydroxyl groups is 1. The molecule has 1 aliphatic heterocycles. The molecule has 1 aromatic carbocycles. The number of nitrogens with one attached hydrogen (secondary N) is 1. The molecule has 0 saturated carbocycles. The minimum atomic E-state index is 0.393. The third-order valence-corrected chi connectivity index (χ3v) is 4.42. The Morgan fingerprint density at radius 1 is 1.37 bits per heavy atom. The maximum absolute atomic E-state index is 9.53. The summed E-state index contributed by atoms with van der Waals surface area (Å²) in [6, 6.07) is 6.81. The molecule has 1 heterocycles. The number of hydrogen-bond acceptors (Lipinski definition) is 3. The van der Waals surface area contributed by atoms with E-state index < -0.39 is 0 Å². The summed E-state index contributed by atoms with van der Waals surface area (Å²) in [6.07, 6.45) is 4.96. The van der Waals surface area contributed by atoms with Gasteiger partial charge in [0.15, 0.2) is 0 Å². The van der Waals surface area contributed by atoms with Crippen LogP contribution in [0.4, 0.5) is 0 Å². The minimum absolute atomic E-state index is 0.393. The van der Waals surface area contributed by atoms with Gasteiger partial charge in [-0.2, -0.15) is 0 Å². The number of fused-ring (bicyclic) bond motifs is 1. The molecular weight excluding hydrogens is 236 g/mol. The van der Waals surface area contributed by atoms with E-state index in [-0.39, 0.29) is 0 Å². The Morgan fingerprint density at radius 2 is 2.16 bits per heavy atom. The van der Waals surface area contributed by atoms with Crippen molar-refractivity contribution in [1.82, 2.24) is 10.2 Å². The topological polar surface area (TPSA) is 35.5 Å². The van der Waals surface area contributed by atoms with E-state index in [0.29, 0.717) is 17.8 Å². The van der Waals surface area contributed by atoms with Gasteiger partial charge in [0.25, 0.3) is 0 Å². The minimum Gasteiger partial charge on any atom is -0.508 e. The highest BCUT2D eigenvalue weighted by molar-refractivity contribution is 5.40. The van der Waals surface area contributed by atoms with E-state index in [9.17, 15) is 5.11 Å². The quantitative estimate of drug-likeness (QED) is 0.873. The number of nitrogens with zero attached hydrogens (tertiary/aromatic N) is 1. The maximum Gasteiger partial charge on any atom is 0.115 e. The second-order valence-electron chi connectivity index (χ2n) is 6.05. The van der Waals surface area contributed by atoms with Crippen molar-refractivity contribution in [3.8, 4) is 5.75 Å². The summed E-state index contributed by atoms with van der Waals surface area (Å²) in [7, 11) is 0. The van der Waals surface area contributed by atoms with E-state index in [1.165, 1.54) is 37.1 Å². The predicted molar refractivity (Wildman–Crippen MR) is 77.4 cm³/mol. The fourth-order valence-corrected chi connectivity index (χ4v) is 3.53. The van der Waals surface area contributed by atoms with E-state index >= 15 is 0 Å². The fraction of sp³-hybridized carbons (Fsp3) is 0.625. The molecule has 2 N–H and O–H groups in total. The predicted octanol–water partition coefficient (Wildman–Crippen LogP) is 2.45. The van der Waals surface area contributed by atoms with Crippen molar-refractivity contribution in [1.29, 1.82) is 0 Å². The second-order valence-corrected chi connectivity index (χ2v) is 6.05. The lowest BCUT2D eigenvalue weighted by Gasteiger charge is -2.25. The third kappa shape index (κ3) is 2.93. The Kier molecular flexibility index (Phi) is 3.76. The summed E-state index contributed by atoms with van der Waals surface area (Å²) >= 11 is 0. The summed E-state index contributed by atoms with van der Waals surface area (Å²) in [6.45, 7) is 5.98. The average Bonchev–Trinajstić information content (AvgIpc) is 2.99. The normalized spacial score (nSPS) is 24.6. The molecule has 3 nitrogen and oxygen atoms in total. The summed E-state index contributed by atoms with van der Waals surface area (Å²) < 4.78 is 0. The molecule has 1 fully saturated rings. The standard InChI is InChI=1S/C16H24N2O/c1-12(11-18-8-2-3-9-18)17-16-7-4-13-10-14(19)5-6-15(13)16/h5-6,10,12,16-17,19H,2-4,7-9,11H2,1H3. The van der Waals surface area contributed by atoms with Crippen LogP contribution in [0.2, 0.25) is 0 Å². The van der Waals surface area contributed by atoms with E-state index in [0.717, 1.165) is 19.4 Å². The lowest BCUT2D eigenvalue weighted by molar-refractivity contribution is 0.286. The first kappa shape index (κ1) is 12.9. The van der Waals surface area contributed by atoms with Gasteiger partial charge >= 0.3 is 0 Å². The molecule has 0 aromatic heterocycles. The number of hydrogen-bond donors (Lipinski definition) is 2. The fourth-order valence-electron chi connectivity index (χ4n) is 3.53. The zero-order valence-electron chi connectivity index (χ0n) is 11.7. The monoisotopic (exact) mass is 260 g/mol. The van der Waals surface area contributed by atoms with Crippen LogP contribution in [0.5, 0.6) is 5.75 Å². The Hall–Kier alpha value is -1.06. The summed E-state index contributed by atoms with van der Waals surface area (Å²) in [5.74, 6) is 0.393. The average molecular weight is 260 g/mol. The number of aryl methyl sites for hydroxylation is 1. The molecule has 1 saturated heterocycles. The van der Waals surface area contributed by atoms with Gasteiger partial charge < -0.3 is 15.3 Å². The van der Waals surface area contributed by atoms with Gasteiger partial charge in [-0.05, 0) is 69.0 Å². The molecule has 0 spiro atoms. The highest BCUT2D eigenvalue weighted by Gasteiger charge is 2.24. The van der Waals surface area contributed by atoms with Gasteiger partial charge in [0.2, 0.25) is 0 Å². The highest BCUT2D eigenvalue weighted by atomic mass is 16.3. The largest absolute Gasteiger partial charge is 0.508 e. The van der Waals surface area contributed by atoms with Crippen molar-refractivity contribution >= 4 is 0 Å². The van der Waals surface area contributed by atoms with Crippen LogP contribution in [0.3, 0.4) is 0 Å². The zero-order valence-corrected chi connectivity index (χ0v) is 11.7. The Labute approximate surface area is 115 Å². The molecule has 19 heavy (non-hydrogen) atoms. The van der Waals surface area contributed by atoms with Gasteiger partial charge in [0.1, 0.15) is 5.75 Å². The molecule has 104 valence electrons. The Balaban J connectivity index is 1.59. The van der Waals surface area contributed by atoms with Crippen molar-refractivity contribution in [2.45, 2.75) is 44.7 Å². The van der Waals surface area contributed by atoms with Gasteiger partial charge in [-0.25, -0.2) is 0 Å². The van der Waals surface area contributed by atoms with Crippen LogP contribution >= 0.6 is 0 Å². The van der Waals surface area contributed by atoms with Crippen LogP contribution in [0.1, 0.15) is 43.4 Å². The summed E-state index contributed by atoms with van der Waals surface area (Å²) in [5, 5.41) is 13.3. The smallest absolute Gasteiger partial charge is 0.115 e. The van der Waals surface area contributed by atoms with Crippen molar-refractivity contribution in [2.24, 2.45) is 0 Å². The van der Waals surface area contributed by atoms with Crippen molar-refractivity contribution < 1.29 is 5.11 Å². The van der Waals surface area contributed by atoms with Crippen LogP contribution in [-0.2, 0) is 6.42 Å². The molecule has 3 heteroatoms. The second kappa shape index (κ2) is 5.51. The molecule has 0 bridgehead atoms. The molecular formula is C16H24N2O. The van der Waals surface area contributed by atoms with Crippen LogP contribution in [-0.4, -0.2) is 35.7 Å². The van der Waals surface area contributed by atoms with Crippen LogP contribution in [0.25, 0.3) is 0 Å². The molecule has 2 atom stereocenters. The number of benzene rings is 1. The molecule has 0 radical (unpaired) electrons.